The van der Waals surface area contributed by atoms with E-state index in [1.807, 2.05) is 24.3 Å². The molecule has 4 aromatic rings. The third-order valence-electron chi connectivity index (χ3n) is 11.2. The molecule has 380 valence electrons. The van der Waals surface area contributed by atoms with E-state index in [2.05, 4.69) is 20.9 Å². The number of guanidine groups is 1. The Morgan fingerprint density at radius 3 is 1.82 bits per heavy atom. The van der Waals surface area contributed by atoms with Gasteiger partial charge in [0, 0.05) is 79.6 Å². The Hall–Kier alpha value is -8.39. The Balaban J connectivity index is 1.02. The van der Waals surface area contributed by atoms with Crippen LogP contribution in [0.1, 0.15) is 41.5 Å². The maximum absolute atomic E-state index is 14.1. The van der Waals surface area contributed by atoms with Crippen molar-refractivity contribution in [2.75, 3.05) is 33.3 Å². The first-order chi connectivity index (χ1) is 34.5. The van der Waals surface area contributed by atoms with Crippen molar-refractivity contribution in [2.24, 2.45) is 4.99 Å². The van der Waals surface area contributed by atoms with Gasteiger partial charge < -0.3 is 39.6 Å². The number of nitrogens with one attached hydrogen (secondary N) is 3. The first kappa shape index (κ1) is 53.0. The average Bonchev–Trinajstić information content (AvgIpc) is 4.04. The molecule has 26 heteroatoms. The summed E-state index contributed by atoms with van der Waals surface area (Å²) < 4.78 is 21.1. The summed E-state index contributed by atoms with van der Waals surface area (Å²) >= 11 is 1.58. The SMILES string of the molecule is COc1ccc(CS[C@H]2C[C@@H](C(=O)N3CC[C@H](NC(=O)C(O)CCN/C(=N\C(=O)OCc4ccc([N+](=O)[O-])cc4)NC(=O)OCc4ccc([N+](=O)[O-])cc4)C3)N(C(=O)OCc3ccc([N+](=O)[O-])cc3)C2)cc1. The van der Waals surface area contributed by atoms with Gasteiger partial charge >= 0.3 is 18.3 Å². The van der Waals surface area contributed by atoms with Crippen molar-refractivity contribution in [1.29, 1.82) is 0 Å². The molecule has 0 saturated carbocycles. The number of aliphatic hydroxyl groups excluding tert-OH is 1. The van der Waals surface area contributed by atoms with Gasteiger partial charge in [-0.25, -0.2) is 14.4 Å². The number of carbonyl (C=O) groups is 5. The molecule has 2 fully saturated rings. The van der Waals surface area contributed by atoms with E-state index in [-0.39, 0.29) is 80.6 Å². The van der Waals surface area contributed by atoms with E-state index in [0.717, 1.165) is 5.56 Å². The fourth-order valence-corrected chi connectivity index (χ4v) is 8.57. The average molecular weight is 1020 g/mol. The van der Waals surface area contributed by atoms with Crippen LogP contribution >= 0.6 is 11.8 Å². The minimum absolute atomic E-state index is 0.0755. The van der Waals surface area contributed by atoms with Gasteiger partial charge in [0.15, 0.2) is 0 Å². The lowest BCUT2D eigenvalue weighted by Gasteiger charge is -2.27. The number of likely N-dealkylation sites (tertiary alicyclic amines) is 2. The van der Waals surface area contributed by atoms with Gasteiger partial charge in [0.25, 0.3) is 17.1 Å². The Bertz CT molecular complexity index is 2620. The summed E-state index contributed by atoms with van der Waals surface area (Å²) in [5.74, 6) is -0.324. The summed E-state index contributed by atoms with van der Waals surface area (Å²) in [7, 11) is 1.57. The van der Waals surface area contributed by atoms with E-state index in [1.54, 1.807) is 18.9 Å². The van der Waals surface area contributed by atoms with E-state index in [4.69, 9.17) is 18.9 Å². The highest BCUT2D eigenvalue weighted by atomic mass is 32.2. The first-order valence-electron chi connectivity index (χ1n) is 22.1. The highest BCUT2D eigenvalue weighted by Gasteiger charge is 2.44. The number of nitro benzene ring substituents is 3. The number of carbonyl (C=O) groups excluding carboxylic acids is 5. The molecule has 4 atom stereocenters. The number of amides is 5. The van der Waals surface area contributed by atoms with Gasteiger partial charge in [-0.2, -0.15) is 11.8 Å². The van der Waals surface area contributed by atoms with E-state index >= 15 is 0 Å². The minimum atomic E-state index is -1.62. The van der Waals surface area contributed by atoms with Crippen LogP contribution in [0, 0.1) is 30.3 Å². The first-order valence-corrected chi connectivity index (χ1v) is 23.2. The molecule has 2 aliphatic heterocycles. The molecule has 25 nitrogen and oxygen atoms in total. The van der Waals surface area contributed by atoms with Crippen molar-refractivity contribution < 1.29 is 62.8 Å². The Morgan fingerprint density at radius 2 is 1.28 bits per heavy atom. The van der Waals surface area contributed by atoms with Crippen molar-refractivity contribution >= 4 is 64.9 Å². The number of alkyl carbamates (subject to hydrolysis) is 1. The van der Waals surface area contributed by atoms with Gasteiger partial charge in [0.1, 0.15) is 37.7 Å². The molecule has 0 spiro atoms. The number of aliphatic hydroxyl groups is 1. The van der Waals surface area contributed by atoms with Gasteiger partial charge in [0.2, 0.25) is 17.8 Å². The fraction of sp³-hybridized carbons (Fsp3) is 0.348. The molecule has 1 unspecified atom stereocenters. The van der Waals surface area contributed by atoms with Crippen LogP contribution in [0.15, 0.2) is 102 Å². The van der Waals surface area contributed by atoms with Gasteiger partial charge in [-0.05, 0) is 90.0 Å². The number of aliphatic imine (C=N–C) groups is 1. The van der Waals surface area contributed by atoms with E-state index in [0.29, 0.717) is 41.0 Å². The number of methoxy groups -OCH3 is 1. The second-order valence-electron chi connectivity index (χ2n) is 16.2. The molecule has 5 amide bonds. The predicted molar refractivity (Wildman–Crippen MR) is 255 cm³/mol. The summed E-state index contributed by atoms with van der Waals surface area (Å²) in [6.07, 6.45) is -4.28. The summed E-state index contributed by atoms with van der Waals surface area (Å²) in [6, 6.07) is 22.0. The lowest BCUT2D eigenvalue weighted by atomic mass is 10.2. The van der Waals surface area contributed by atoms with Crippen LogP contribution in [0.3, 0.4) is 0 Å². The number of nitro groups is 3. The van der Waals surface area contributed by atoms with Crippen LogP contribution in [-0.4, -0.2) is 122 Å². The number of benzene rings is 4. The largest absolute Gasteiger partial charge is 0.497 e. The summed E-state index contributed by atoms with van der Waals surface area (Å²) in [5.41, 5.74) is 1.84. The molecule has 0 aromatic heterocycles. The fourth-order valence-electron chi connectivity index (χ4n) is 7.37. The summed E-state index contributed by atoms with van der Waals surface area (Å²) in [5, 5.41) is 51.3. The van der Waals surface area contributed by atoms with E-state index < -0.39 is 63.1 Å². The normalized spacial score (nSPS) is 16.8. The molecule has 2 aliphatic rings. The number of ether oxygens (including phenoxy) is 4. The molecule has 2 heterocycles. The second kappa shape index (κ2) is 25.5. The molecule has 72 heavy (non-hydrogen) atoms. The van der Waals surface area contributed by atoms with Crippen molar-refractivity contribution in [3.8, 4) is 5.75 Å². The monoisotopic (exact) mass is 1020 g/mol. The molecular formula is C46H49N9O16S. The molecule has 4 N–H and O–H groups in total. The quantitative estimate of drug-likeness (QED) is 0.0312. The van der Waals surface area contributed by atoms with Crippen LogP contribution < -0.4 is 20.7 Å². The van der Waals surface area contributed by atoms with Gasteiger partial charge in [-0.3, -0.25) is 50.1 Å². The zero-order valence-corrected chi connectivity index (χ0v) is 39.3. The van der Waals surface area contributed by atoms with Crippen LogP contribution in [0.5, 0.6) is 5.75 Å². The zero-order chi connectivity index (χ0) is 51.7. The van der Waals surface area contributed by atoms with Crippen LogP contribution in [0.4, 0.5) is 31.4 Å². The Kier molecular flexibility index (Phi) is 18.7. The lowest BCUT2D eigenvalue weighted by molar-refractivity contribution is -0.385. The Morgan fingerprint density at radius 1 is 0.750 bits per heavy atom. The predicted octanol–water partition coefficient (Wildman–Crippen LogP) is 5.11. The number of rotatable bonds is 19. The van der Waals surface area contributed by atoms with Crippen molar-refractivity contribution in [3.63, 3.8) is 0 Å². The third kappa shape index (κ3) is 15.6. The maximum atomic E-state index is 14.1. The number of hydrogen-bond donors (Lipinski definition) is 4. The van der Waals surface area contributed by atoms with Crippen LogP contribution in [0.25, 0.3) is 0 Å². The Labute approximate surface area is 414 Å². The molecular weight excluding hydrogens is 967 g/mol. The number of nitrogens with zero attached hydrogens (tertiary/aromatic N) is 6. The van der Waals surface area contributed by atoms with Crippen LogP contribution in [-0.2, 0) is 49.4 Å². The van der Waals surface area contributed by atoms with Gasteiger partial charge in [0.05, 0.1) is 21.9 Å². The highest BCUT2D eigenvalue weighted by Crippen LogP contribution is 2.33. The number of non-ortho nitro benzene ring substituents is 3. The van der Waals surface area contributed by atoms with E-state index in [9.17, 15) is 59.4 Å². The van der Waals surface area contributed by atoms with Crippen molar-refractivity contribution in [1.82, 2.24) is 25.8 Å². The highest BCUT2D eigenvalue weighted by molar-refractivity contribution is 7.99. The van der Waals surface area contributed by atoms with E-state index in [1.165, 1.54) is 82.6 Å². The summed E-state index contributed by atoms with van der Waals surface area (Å²) in [4.78, 5) is 104. The van der Waals surface area contributed by atoms with Gasteiger partial charge in [-0.15, -0.1) is 4.99 Å². The molecule has 0 bridgehead atoms. The van der Waals surface area contributed by atoms with Gasteiger partial charge in [-0.1, -0.05) is 12.1 Å². The zero-order valence-electron chi connectivity index (χ0n) is 38.5. The smallest absolute Gasteiger partial charge is 0.437 e. The molecule has 2 saturated heterocycles. The van der Waals surface area contributed by atoms with Crippen LogP contribution in [0.2, 0.25) is 0 Å². The van der Waals surface area contributed by atoms with Crippen molar-refractivity contribution in [3.05, 3.63) is 150 Å². The second-order valence-corrected chi connectivity index (χ2v) is 17.5. The lowest BCUT2D eigenvalue weighted by Crippen LogP contribution is -2.49. The minimum Gasteiger partial charge on any atom is -0.497 e. The third-order valence-corrected chi connectivity index (χ3v) is 12.6. The summed E-state index contributed by atoms with van der Waals surface area (Å²) in [6.45, 7) is -0.576. The standard InChI is InChI=1S/C46H49N9O16S/c1-68-37-16-8-32(9-17-37)28-72-38-22-39(52(24-38)46(61)71-27-31-6-14-36(15-7-31)55(66)67)42(58)51-21-19-33(23-51)48-41(57)40(56)18-20-47-43(49-44(59)69-25-29-2-10-34(11-3-29)53(62)63)50-45(60)70-26-30-4-12-35(13-5-30)54(64)65/h2-17,33,38-40,56H,18-28H2,1H3,(H,48,57)(H2,47,49,50,59,60)/t33-,38-,39-,40?/m0/s1. The molecule has 6 rings (SSSR count). The number of hydrogen-bond acceptors (Lipinski definition) is 17. The molecule has 0 radical (unpaired) electrons. The molecule has 4 aromatic carbocycles. The molecule has 0 aliphatic carbocycles. The van der Waals surface area contributed by atoms with Crippen molar-refractivity contribution in [2.45, 2.75) is 68.3 Å². The number of thioether (sulfide) groups is 1. The maximum Gasteiger partial charge on any atom is 0.437 e. The topological polar surface area (TPSA) is 327 Å².